The minimum atomic E-state index is -3.49. The van der Waals surface area contributed by atoms with Crippen LogP contribution in [-0.4, -0.2) is 26.3 Å². The van der Waals surface area contributed by atoms with Crippen LogP contribution in [0.5, 0.6) is 0 Å². The molecule has 8 heteroatoms. The van der Waals surface area contributed by atoms with E-state index in [2.05, 4.69) is 26.5 Å². The van der Waals surface area contributed by atoms with Crippen molar-refractivity contribution >= 4 is 43.3 Å². The molecule has 0 fully saturated rings. The Bertz CT molecular complexity index is 1290. The second kappa shape index (κ2) is 10.3. The number of hydrogen-bond acceptors (Lipinski definition) is 4. The van der Waals surface area contributed by atoms with E-state index in [1.165, 1.54) is 10.6 Å². The van der Waals surface area contributed by atoms with Gasteiger partial charge in [0.15, 0.2) is 0 Å². The average Bonchev–Trinajstić information content (AvgIpc) is 2.77. The summed E-state index contributed by atoms with van der Waals surface area (Å²) in [6.45, 7) is 5.93. The summed E-state index contributed by atoms with van der Waals surface area (Å²) >= 11 is 3.39. The third-order valence-corrected chi connectivity index (χ3v) is 6.98. The van der Waals surface area contributed by atoms with Crippen LogP contribution in [0.4, 0.5) is 5.69 Å². The molecule has 0 saturated heterocycles. The molecule has 0 saturated carbocycles. The van der Waals surface area contributed by atoms with Gasteiger partial charge in [0.25, 0.3) is 5.91 Å². The molecule has 33 heavy (non-hydrogen) atoms. The van der Waals surface area contributed by atoms with Crippen molar-refractivity contribution < 1.29 is 13.2 Å². The Morgan fingerprint density at radius 3 is 2.12 bits per heavy atom. The van der Waals surface area contributed by atoms with E-state index in [1.54, 1.807) is 30.3 Å². The minimum Gasteiger partial charge on any atom is -0.267 e. The normalized spacial score (nSPS) is 11.8. The number of hydrazone groups is 1. The maximum atomic E-state index is 12.5. The molecule has 172 valence electrons. The first-order valence-electron chi connectivity index (χ1n) is 10.3. The Labute approximate surface area is 203 Å². The van der Waals surface area contributed by atoms with Crippen LogP contribution in [0, 0.1) is 13.8 Å². The summed E-state index contributed by atoms with van der Waals surface area (Å²) in [6, 6.07) is 20.0. The highest BCUT2D eigenvalue weighted by atomic mass is 79.9. The van der Waals surface area contributed by atoms with Crippen molar-refractivity contribution in [2.24, 2.45) is 5.10 Å². The lowest BCUT2D eigenvalue weighted by atomic mass is 10.1. The maximum Gasteiger partial charge on any atom is 0.271 e. The summed E-state index contributed by atoms with van der Waals surface area (Å²) in [5.74, 6) is -0.341. The van der Waals surface area contributed by atoms with E-state index in [9.17, 15) is 13.2 Å². The highest BCUT2D eigenvalue weighted by molar-refractivity contribution is 9.10. The van der Waals surface area contributed by atoms with Crippen LogP contribution in [0.2, 0.25) is 0 Å². The van der Waals surface area contributed by atoms with Gasteiger partial charge in [-0.05, 0) is 79.4 Å². The molecule has 6 nitrogen and oxygen atoms in total. The Balaban J connectivity index is 1.72. The van der Waals surface area contributed by atoms with Crippen molar-refractivity contribution in [2.45, 2.75) is 27.3 Å². The molecule has 3 aromatic rings. The molecule has 0 heterocycles. The minimum absolute atomic E-state index is 0.171. The highest BCUT2D eigenvalue weighted by Gasteiger charge is 2.18. The standard InChI is InChI=1S/C25H26BrN3O3S/c1-17-5-14-24(15-18(17)2)29(33(4,31)32)16-20-6-8-22(9-7-20)25(30)28-27-19(3)21-10-12-23(26)13-11-21/h5-15H,16H2,1-4H3,(H,28,30)/b27-19+. The third kappa shape index (κ3) is 6.52. The SMILES string of the molecule is C/C(=N\NC(=O)c1ccc(CN(c2ccc(C)c(C)c2)S(C)(=O)=O)cc1)c1ccc(Br)cc1. The van der Waals surface area contributed by atoms with Crippen LogP contribution in [0.3, 0.4) is 0 Å². The van der Waals surface area contributed by atoms with E-state index in [4.69, 9.17) is 0 Å². The second-order valence-electron chi connectivity index (χ2n) is 7.88. The molecule has 0 radical (unpaired) electrons. The molecular formula is C25H26BrN3O3S. The Morgan fingerprint density at radius 1 is 0.939 bits per heavy atom. The fraction of sp³-hybridized carbons (Fsp3) is 0.200. The van der Waals surface area contributed by atoms with Gasteiger partial charge in [-0.2, -0.15) is 5.10 Å². The van der Waals surface area contributed by atoms with Gasteiger partial charge in [-0.15, -0.1) is 0 Å². The molecule has 1 N–H and O–H groups in total. The number of aryl methyl sites for hydroxylation is 2. The van der Waals surface area contributed by atoms with Gasteiger partial charge in [0.05, 0.1) is 24.2 Å². The van der Waals surface area contributed by atoms with E-state index in [0.717, 1.165) is 26.7 Å². The van der Waals surface area contributed by atoms with Crippen molar-refractivity contribution in [1.29, 1.82) is 0 Å². The maximum absolute atomic E-state index is 12.5. The second-order valence-corrected chi connectivity index (χ2v) is 10.7. The van der Waals surface area contributed by atoms with Crippen molar-refractivity contribution in [2.75, 3.05) is 10.6 Å². The molecule has 3 rings (SSSR count). The summed E-state index contributed by atoms with van der Waals surface area (Å²) in [5, 5.41) is 4.17. The number of halogens is 1. The van der Waals surface area contributed by atoms with Gasteiger partial charge < -0.3 is 0 Å². The number of anilines is 1. The Kier molecular flexibility index (Phi) is 7.71. The van der Waals surface area contributed by atoms with Gasteiger partial charge in [0.1, 0.15) is 0 Å². The van der Waals surface area contributed by atoms with Gasteiger partial charge in [-0.3, -0.25) is 9.10 Å². The summed E-state index contributed by atoms with van der Waals surface area (Å²) < 4.78 is 27.2. The van der Waals surface area contributed by atoms with Crippen LogP contribution in [-0.2, 0) is 16.6 Å². The summed E-state index contributed by atoms with van der Waals surface area (Å²) in [6.07, 6.45) is 1.19. The van der Waals surface area contributed by atoms with Gasteiger partial charge in [0.2, 0.25) is 10.0 Å². The fourth-order valence-corrected chi connectivity index (χ4v) is 4.31. The first kappa shape index (κ1) is 24.7. The number of rotatable bonds is 7. The molecule has 0 unspecified atom stereocenters. The van der Waals surface area contributed by atoms with Crippen LogP contribution in [0.25, 0.3) is 0 Å². The number of nitrogens with zero attached hydrogens (tertiary/aromatic N) is 2. The largest absolute Gasteiger partial charge is 0.271 e. The predicted molar refractivity (Wildman–Crippen MR) is 137 cm³/mol. The van der Waals surface area contributed by atoms with E-state index < -0.39 is 10.0 Å². The number of nitrogens with one attached hydrogen (secondary N) is 1. The Hall–Kier alpha value is -2.97. The molecule has 0 spiro atoms. The average molecular weight is 528 g/mol. The third-order valence-electron chi connectivity index (χ3n) is 5.31. The van der Waals surface area contributed by atoms with Crippen LogP contribution in [0.1, 0.15) is 39.5 Å². The number of hydrogen-bond donors (Lipinski definition) is 1. The summed E-state index contributed by atoms with van der Waals surface area (Å²) in [7, 11) is -3.49. The topological polar surface area (TPSA) is 78.8 Å². The molecule has 0 atom stereocenters. The molecular weight excluding hydrogens is 502 g/mol. The Morgan fingerprint density at radius 2 is 1.55 bits per heavy atom. The zero-order valence-corrected chi connectivity index (χ0v) is 21.4. The monoisotopic (exact) mass is 527 g/mol. The molecule has 1 amide bonds. The molecule has 3 aromatic carbocycles. The zero-order valence-electron chi connectivity index (χ0n) is 19.0. The first-order valence-corrected chi connectivity index (χ1v) is 12.9. The van der Waals surface area contributed by atoms with Gasteiger partial charge in [-0.1, -0.05) is 46.3 Å². The van der Waals surface area contributed by atoms with Crippen molar-refractivity contribution in [3.63, 3.8) is 0 Å². The fourth-order valence-electron chi connectivity index (χ4n) is 3.16. The quantitative estimate of drug-likeness (QED) is 0.339. The van der Waals surface area contributed by atoms with Gasteiger partial charge in [0, 0.05) is 10.0 Å². The number of carbonyl (C=O) groups is 1. The number of amides is 1. The van der Waals surface area contributed by atoms with Crippen molar-refractivity contribution in [3.05, 3.63) is 99.0 Å². The lowest BCUT2D eigenvalue weighted by Crippen LogP contribution is -2.29. The van der Waals surface area contributed by atoms with E-state index in [0.29, 0.717) is 17.0 Å². The van der Waals surface area contributed by atoms with Gasteiger partial charge in [-0.25, -0.2) is 13.8 Å². The van der Waals surface area contributed by atoms with Crippen LogP contribution in [0.15, 0.2) is 76.3 Å². The number of benzene rings is 3. The molecule has 0 aromatic heterocycles. The summed E-state index contributed by atoms with van der Waals surface area (Å²) in [4.78, 5) is 12.5. The van der Waals surface area contributed by atoms with E-state index >= 15 is 0 Å². The van der Waals surface area contributed by atoms with Crippen molar-refractivity contribution in [1.82, 2.24) is 5.43 Å². The first-order chi connectivity index (χ1) is 15.5. The lowest BCUT2D eigenvalue weighted by Gasteiger charge is -2.23. The molecule has 0 aliphatic rings. The lowest BCUT2D eigenvalue weighted by molar-refractivity contribution is 0.0955. The van der Waals surface area contributed by atoms with E-state index in [-0.39, 0.29) is 12.5 Å². The number of carbonyl (C=O) groups excluding carboxylic acids is 1. The zero-order chi connectivity index (χ0) is 24.2. The smallest absolute Gasteiger partial charge is 0.267 e. The predicted octanol–water partition coefficient (Wildman–Crippen LogP) is 5.19. The molecule has 0 aliphatic carbocycles. The molecule has 0 bridgehead atoms. The van der Waals surface area contributed by atoms with E-state index in [1.807, 2.05) is 57.2 Å². The number of sulfonamides is 1. The van der Waals surface area contributed by atoms with Gasteiger partial charge >= 0.3 is 0 Å². The molecule has 0 aliphatic heterocycles. The van der Waals surface area contributed by atoms with Crippen LogP contribution >= 0.6 is 15.9 Å². The van der Waals surface area contributed by atoms with Crippen molar-refractivity contribution in [3.8, 4) is 0 Å². The van der Waals surface area contributed by atoms with Crippen LogP contribution < -0.4 is 9.73 Å². The summed E-state index contributed by atoms with van der Waals surface area (Å²) in [5.41, 5.74) is 8.08. The highest BCUT2D eigenvalue weighted by Crippen LogP contribution is 2.23.